The summed E-state index contributed by atoms with van der Waals surface area (Å²) in [6, 6.07) is 8.42. The molecule has 1 amide bonds. The van der Waals surface area contributed by atoms with Gasteiger partial charge in [0.25, 0.3) is 11.5 Å². The lowest BCUT2D eigenvalue weighted by molar-refractivity contribution is 0.0949. The average Bonchev–Trinajstić information content (AvgIpc) is 2.64. The monoisotopic (exact) mass is 370 g/mol. The number of nitrogens with zero attached hydrogens (tertiary/aromatic N) is 2. The van der Waals surface area contributed by atoms with Gasteiger partial charge >= 0.3 is 0 Å². The summed E-state index contributed by atoms with van der Waals surface area (Å²) in [6.45, 7) is 2.01. The van der Waals surface area contributed by atoms with Crippen molar-refractivity contribution in [2.75, 3.05) is 0 Å². The second-order valence-electron chi connectivity index (χ2n) is 5.45. The largest absolute Gasteiger partial charge is 0.437 e. The molecule has 132 valence electrons. The van der Waals surface area contributed by atoms with Gasteiger partial charge in [-0.25, -0.2) is 4.98 Å². The van der Waals surface area contributed by atoms with Gasteiger partial charge in [0.2, 0.25) is 5.88 Å². The first-order chi connectivity index (χ1) is 12.5. The summed E-state index contributed by atoms with van der Waals surface area (Å²) in [5.74, 6) is 0.340. The van der Waals surface area contributed by atoms with E-state index in [1.165, 1.54) is 12.3 Å². The predicted octanol–water partition coefficient (Wildman–Crippen LogP) is 2.85. The van der Waals surface area contributed by atoms with E-state index in [9.17, 15) is 9.59 Å². The van der Waals surface area contributed by atoms with Crippen LogP contribution in [-0.4, -0.2) is 20.9 Å². The molecule has 0 atom stereocenters. The van der Waals surface area contributed by atoms with Crippen molar-refractivity contribution in [1.82, 2.24) is 20.3 Å². The van der Waals surface area contributed by atoms with E-state index in [0.29, 0.717) is 17.2 Å². The fourth-order valence-corrected chi connectivity index (χ4v) is 2.34. The van der Waals surface area contributed by atoms with Gasteiger partial charge in [-0.3, -0.25) is 14.6 Å². The Morgan fingerprint density at radius 2 is 2.15 bits per heavy atom. The highest BCUT2D eigenvalue weighted by molar-refractivity contribution is 6.30. The number of hydrogen-bond acceptors (Lipinski definition) is 5. The van der Waals surface area contributed by atoms with Crippen molar-refractivity contribution in [2.45, 2.75) is 13.5 Å². The van der Waals surface area contributed by atoms with E-state index < -0.39 is 11.5 Å². The Balaban J connectivity index is 1.74. The molecule has 3 aromatic rings. The molecule has 0 saturated heterocycles. The lowest BCUT2D eigenvalue weighted by Gasteiger charge is -2.10. The highest BCUT2D eigenvalue weighted by atomic mass is 35.5. The van der Waals surface area contributed by atoms with Crippen molar-refractivity contribution in [3.63, 3.8) is 0 Å². The number of amides is 1. The summed E-state index contributed by atoms with van der Waals surface area (Å²) < 4.78 is 5.73. The smallest absolute Gasteiger partial charge is 0.260 e. The molecular formula is C18H15ClN4O3. The van der Waals surface area contributed by atoms with Gasteiger partial charge in [0.1, 0.15) is 11.3 Å². The van der Waals surface area contributed by atoms with Crippen molar-refractivity contribution in [1.29, 1.82) is 0 Å². The quantitative estimate of drug-likeness (QED) is 0.719. The minimum Gasteiger partial charge on any atom is -0.437 e. The Morgan fingerprint density at radius 3 is 2.92 bits per heavy atom. The summed E-state index contributed by atoms with van der Waals surface area (Å²) in [6.07, 6.45) is 4.51. The van der Waals surface area contributed by atoms with Crippen molar-refractivity contribution < 1.29 is 9.53 Å². The zero-order valence-electron chi connectivity index (χ0n) is 13.8. The molecule has 0 spiro atoms. The molecule has 3 heterocycles. The van der Waals surface area contributed by atoms with Crippen LogP contribution in [0.4, 0.5) is 0 Å². The van der Waals surface area contributed by atoms with Crippen LogP contribution in [0, 0.1) is 6.92 Å². The van der Waals surface area contributed by atoms with E-state index in [4.69, 9.17) is 16.3 Å². The second kappa shape index (κ2) is 7.79. The van der Waals surface area contributed by atoms with Crippen LogP contribution >= 0.6 is 11.6 Å². The molecular weight excluding hydrogens is 356 g/mol. The third kappa shape index (κ3) is 4.25. The summed E-state index contributed by atoms with van der Waals surface area (Å²) >= 11 is 5.82. The van der Waals surface area contributed by atoms with Gasteiger partial charge < -0.3 is 15.0 Å². The Hall–Kier alpha value is -3.19. The standard InChI is InChI=1S/C18H15ClN4O3/c1-11-4-5-14(10-21-11)26-18-12(3-2-6-20-18)8-22-16(24)15-7-13(19)9-23-17(15)25/h2-7,9-10H,8H2,1H3,(H,22,24)(H,23,25). The van der Waals surface area contributed by atoms with E-state index in [2.05, 4.69) is 20.3 Å². The number of ether oxygens (including phenoxy) is 1. The van der Waals surface area contributed by atoms with E-state index in [0.717, 1.165) is 5.69 Å². The molecule has 0 bridgehead atoms. The minimum absolute atomic E-state index is 0.0633. The second-order valence-corrected chi connectivity index (χ2v) is 5.88. The molecule has 0 radical (unpaired) electrons. The number of pyridine rings is 3. The maximum atomic E-state index is 12.2. The summed E-state index contributed by atoms with van der Waals surface area (Å²) in [5, 5.41) is 2.94. The lowest BCUT2D eigenvalue weighted by Crippen LogP contribution is -2.29. The Labute approximate surface area is 154 Å². The van der Waals surface area contributed by atoms with Crippen molar-refractivity contribution in [3.8, 4) is 11.6 Å². The van der Waals surface area contributed by atoms with Crippen LogP contribution in [-0.2, 0) is 6.54 Å². The summed E-state index contributed by atoms with van der Waals surface area (Å²) in [5.41, 5.74) is 0.948. The number of nitrogens with one attached hydrogen (secondary N) is 2. The van der Waals surface area contributed by atoms with Crippen molar-refractivity contribution >= 4 is 17.5 Å². The maximum absolute atomic E-state index is 12.2. The lowest BCUT2D eigenvalue weighted by atomic mass is 10.2. The van der Waals surface area contributed by atoms with E-state index in [1.54, 1.807) is 30.6 Å². The number of aromatic amines is 1. The molecule has 26 heavy (non-hydrogen) atoms. The molecule has 0 saturated carbocycles. The highest BCUT2D eigenvalue weighted by Crippen LogP contribution is 2.22. The van der Waals surface area contributed by atoms with Crippen LogP contribution in [0.5, 0.6) is 11.6 Å². The van der Waals surface area contributed by atoms with Crippen LogP contribution in [0.3, 0.4) is 0 Å². The van der Waals surface area contributed by atoms with Gasteiger partial charge in [-0.15, -0.1) is 0 Å². The molecule has 3 rings (SSSR count). The van der Waals surface area contributed by atoms with Gasteiger partial charge in [-0.05, 0) is 31.2 Å². The van der Waals surface area contributed by atoms with Gasteiger partial charge in [0, 0.05) is 30.2 Å². The first kappa shape index (κ1) is 17.6. The average molecular weight is 371 g/mol. The van der Waals surface area contributed by atoms with Crippen molar-refractivity contribution in [2.24, 2.45) is 0 Å². The molecule has 2 N–H and O–H groups in total. The molecule has 8 heteroatoms. The fraction of sp³-hybridized carbons (Fsp3) is 0.111. The SMILES string of the molecule is Cc1ccc(Oc2ncccc2CNC(=O)c2cc(Cl)c[nH]c2=O)cn1. The molecule has 0 fully saturated rings. The number of aromatic nitrogens is 3. The summed E-state index contributed by atoms with van der Waals surface area (Å²) in [4.78, 5) is 34.7. The Bertz CT molecular complexity index is 986. The molecule has 3 aromatic heterocycles. The number of aryl methyl sites for hydroxylation is 1. The molecule has 0 aliphatic heterocycles. The van der Waals surface area contributed by atoms with Crippen LogP contribution in [0.25, 0.3) is 0 Å². The molecule has 7 nitrogen and oxygen atoms in total. The Morgan fingerprint density at radius 1 is 1.31 bits per heavy atom. The van der Waals surface area contributed by atoms with E-state index >= 15 is 0 Å². The van der Waals surface area contributed by atoms with Crippen LogP contribution in [0.2, 0.25) is 5.02 Å². The van der Waals surface area contributed by atoms with Gasteiger partial charge in [0.05, 0.1) is 11.2 Å². The predicted molar refractivity (Wildman–Crippen MR) is 96.5 cm³/mol. The molecule has 0 aliphatic rings. The number of rotatable bonds is 5. The van der Waals surface area contributed by atoms with Crippen LogP contribution in [0.1, 0.15) is 21.6 Å². The third-order valence-electron chi connectivity index (χ3n) is 3.50. The molecule has 0 unspecified atom stereocenters. The zero-order valence-corrected chi connectivity index (χ0v) is 14.6. The minimum atomic E-state index is -0.541. The maximum Gasteiger partial charge on any atom is 0.260 e. The van der Waals surface area contributed by atoms with Gasteiger partial charge in [-0.1, -0.05) is 17.7 Å². The summed E-state index contributed by atoms with van der Waals surface area (Å²) in [7, 11) is 0. The number of H-pyrrole nitrogens is 1. The topological polar surface area (TPSA) is 97.0 Å². The normalized spacial score (nSPS) is 10.4. The first-order valence-corrected chi connectivity index (χ1v) is 8.11. The number of halogens is 1. The zero-order chi connectivity index (χ0) is 18.5. The first-order valence-electron chi connectivity index (χ1n) is 7.74. The number of hydrogen-bond donors (Lipinski definition) is 2. The van der Waals surface area contributed by atoms with Crippen LogP contribution in [0.15, 0.2) is 53.7 Å². The fourth-order valence-electron chi connectivity index (χ4n) is 2.17. The van der Waals surface area contributed by atoms with E-state index in [1.807, 2.05) is 13.0 Å². The van der Waals surface area contributed by atoms with Gasteiger partial charge in [-0.2, -0.15) is 0 Å². The number of carbonyl (C=O) groups excluding carboxylic acids is 1. The Kier molecular flexibility index (Phi) is 5.28. The van der Waals surface area contributed by atoms with E-state index in [-0.39, 0.29) is 17.1 Å². The third-order valence-corrected chi connectivity index (χ3v) is 3.72. The molecule has 0 aromatic carbocycles. The highest BCUT2D eigenvalue weighted by Gasteiger charge is 2.13. The van der Waals surface area contributed by atoms with Crippen molar-refractivity contribution in [3.05, 3.63) is 81.1 Å². The number of carbonyl (C=O) groups is 1. The molecule has 0 aliphatic carbocycles. The van der Waals surface area contributed by atoms with Gasteiger partial charge in [0.15, 0.2) is 0 Å². The van der Waals surface area contributed by atoms with Crippen LogP contribution < -0.4 is 15.6 Å².